The van der Waals surface area contributed by atoms with Crippen LogP contribution >= 0.6 is 27.7 Å². The number of carbonyl (C=O) groups excluding carboxylic acids is 1. The van der Waals surface area contributed by atoms with Gasteiger partial charge in [0.25, 0.3) is 5.56 Å². The van der Waals surface area contributed by atoms with E-state index in [9.17, 15) is 9.59 Å². The second-order valence-corrected chi connectivity index (χ2v) is 9.32. The highest BCUT2D eigenvalue weighted by Crippen LogP contribution is 2.26. The first-order valence-corrected chi connectivity index (χ1v) is 11.3. The number of halogens is 1. The van der Waals surface area contributed by atoms with Crippen molar-refractivity contribution in [1.29, 1.82) is 0 Å². The molecule has 1 aliphatic rings. The zero-order valence-corrected chi connectivity index (χ0v) is 18.4. The molecule has 7 heteroatoms. The minimum absolute atomic E-state index is 0.00694. The Morgan fingerprint density at radius 2 is 2.03 bits per heavy atom. The van der Waals surface area contributed by atoms with E-state index >= 15 is 0 Å². The molecule has 1 fully saturated rings. The first-order valence-electron chi connectivity index (χ1n) is 9.60. The number of ether oxygens (including phenoxy) is 1. The Morgan fingerprint density at radius 1 is 1.28 bits per heavy atom. The van der Waals surface area contributed by atoms with Gasteiger partial charge in [-0.1, -0.05) is 52.0 Å². The van der Waals surface area contributed by atoms with Gasteiger partial charge in [-0.3, -0.25) is 14.2 Å². The van der Waals surface area contributed by atoms with Gasteiger partial charge in [-0.2, -0.15) is 0 Å². The monoisotopic (exact) mass is 472 g/mol. The van der Waals surface area contributed by atoms with Gasteiger partial charge in [0.05, 0.1) is 28.8 Å². The molecule has 150 valence electrons. The molecule has 1 aliphatic heterocycles. The normalized spacial score (nSPS) is 17.5. The number of Topliss-reactive ketones (excluding diaryl/α,β-unsaturated/α-hetero) is 1. The average Bonchev–Trinajstić information content (AvgIpc) is 3.24. The van der Waals surface area contributed by atoms with Gasteiger partial charge in [0.1, 0.15) is 0 Å². The van der Waals surface area contributed by atoms with Crippen LogP contribution in [0, 0.1) is 0 Å². The number of para-hydroxylation sites is 1. The molecule has 3 aromatic rings. The molecule has 0 bridgehead atoms. The van der Waals surface area contributed by atoms with E-state index in [-0.39, 0.29) is 22.7 Å². The van der Waals surface area contributed by atoms with Crippen molar-refractivity contribution in [3.05, 3.63) is 68.9 Å². The fraction of sp³-hybridized carbons (Fsp3) is 0.318. The molecule has 0 amide bonds. The maximum absolute atomic E-state index is 13.2. The van der Waals surface area contributed by atoms with E-state index in [1.54, 1.807) is 22.8 Å². The lowest BCUT2D eigenvalue weighted by molar-refractivity contribution is 0.0937. The van der Waals surface area contributed by atoms with Crippen LogP contribution in [0.4, 0.5) is 0 Å². The number of hydrogen-bond acceptors (Lipinski definition) is 5. The maximum Gasteiger partial charge on any atom is 0.262 e. The highest BCUT2D eigenvalue weighted by Gasteiger charge is 2.23. The van der Waals surface area contributed by atoms with Crippen molar-refractivity contribution in [2.75, 3.05) is 6.61 Å². The summed E-state index contributed by atoms with van der Waals surface area (Å²) in [5.74, 6) is 0.00794. The van der Waals surface area contributed by atoms with Gasteiger partial charge in [0, 0.05) is 16.6 Å². The molecule has 0 saturated carbocycles. The summed E-state index contributed by atoms with van der Waals surface area (Å²) in [5.41, 5.74) is 1.20. The van der Waals surface area contributed by atoms with Crippen LogP contribution in [0.2, 0.25) is 0 Å². The molecule has 2 heterocycles. The highest BCUT2D eigenvalue weighted by atomic mass is 79.9. The van der Waals surface area contributed by atoms with Crippen molar-refractivity contribution in [2.45, 2.75) is 42.8 Å². The van der Waals surface area contributed by atoms with Gasteiger partial charge >= 0.3 is 0 Å². The number of hydrogen-bond donors (Lipinski definition) is 0. The molecule has 2 atom stereocenters. The van der Waals surface area contributed by atoms with E-state index in [0.717, 1.165) is 23.9 Å². The molecule has 2 aromatic carbocycles. The largest absolute Gasteiger partial charge is 0.376 e. The lowest BCUT2D eigenvalue weighted by Crippen LogP contribution is -2.29. The van der Waals surface area contributed by atoms with Crippen molar-refractivity contribution in [2.24, 2.45) is 0 Å². The summed E-state index contributed by atoms with van der Waals surface area (Å²) in [4.78, 5) is 30.8. The fourth-order valence-electron chi connectivity index (χ4n) is 3.45. The molecule has 5 nitrogen and oxygen atoms in total. The Balaban J connectivity index is 1.68. The van der Waals surface area contributed by atoms with Crippen LogP contribution in [-0.2, 0) is 11.3 Å². The third-order valence-corrected chi connectivity index (χ3v) is 6.64. The summed E-state index contributed by atoms with van der Waals surface area (Å²) in [5, 5.41) is 0.767. The standard InChI is InChI=1S/C22H21BrN2O3S/c1-14(20(26)15-8-10-16(23)11-9-15)29-22-24-19-7-3-2-6-18(19)21(27)25(22)13-17-5-4-12-28-17/h2-3,6-11,14,17H,4-5,12-13H2,1H3/t14-,17-/m1/s1. The van der Waals surface area contributed by atoms with Crippen LogP contribution in [0.15, 0.2) is 63.0 Å². The Morgan fingerprint density at radius 3 is 2.76 bits per heavy atom. The second-order valence-electron chi connectivity index (χ2n) is 7.09. The van der Waals surface area contributed by atoms with Crippen LogP contribution in [-0.4, -0.2) is 33.3 Å². The second kappa shape index (κ2) is 8.81. The first-order chi connectivity index (χ1) is 14.0. The minimum Gasteiger partial charge on any atom is -0.376 e. The predicted octanol–water partition coefficient (Wildman–Crippen LogP) is 4.70. The maximum atomic E-state index is 13.2. The van der Waals surface area contributed by atoms with Gasteiger partial charge < -0.3 is 4.74 Å². The molecule has 1 saturated heterocycles. The average molecular weight is 473 g/mol. The molecule has 29 heavy (non-hydrogen) atoms. The summed E-state index contributed by atoms with van der Waals surface area (Å²) in [7, 11) is 0. The van der Waals surface area contributed by atoms with E-state index in [4.69, 9.17) is 9.72 Å². The van der Waals surface area contributed by atoms with Crippen LogP contribution in [0.5, 0.6) is 0 Å². The predicted molar refractivity (Wildman–Crippen MR) is 119 cm³/mol. The number of thioether (sulfide) groups is 1. The van der Waals surface area contributed by atoms with Crippen molar-refractivity contribution in [1.82, 2.24) is 9.55 Å². The number of carbonyl (C=O) groups is 1. The first kappa shape index (κ1) is 20.3. The topological polar surface area (TPSA) is 61.2 Å². The smallest absolute Gasteiger partial charge is 0.262 e. The number of rotatable bonds is 6. The molecule has 0 radical (unpaired) electrons. The zero-order chi connectivity index (χ0) is 20.4. The highest BCUT2D eigenvalue weighted by molar-refractivity contribution is 9.10. The van der Waals surface area contributed by atoms with Crippen LogP contribution in [0.25, 0.3) is 10.9 Å². The SMILES string of the molecule is C[C@@H](Sc1nc2ccccc2c(=O)n1C[C@H]1CCCO1)C(=O)c1ccc(Br)cc1. The van der Waals surface area contributed by atoms with Gasteiger partial charge in [0.15, 0.2) is 10.9 Å². The number of ketones is 1. The van der Waals surface area contributed by atoms with Gasteiger partial charge in [-0.25, -0.2) is 4.98 Å². The van der Waals surface area contributed by atoms with Crippen molar-refractivity contribution < 1.29 is 9.53 Å². The minimum atomic E-state index is -0.375. The summed E-state index contributed by atoms with van der Waals surface area (Å²) < 4.78 is 8.35. The van der Waals surface area contributed by atoms with Crippen LogP contribution in [0.3, 0.4) is 0 Å². The van der Waals surface area contributed by atoms with Crippen molar-refractivity contribution in [3.8, 4) is 0 Å². The van der Waals surface area contributed by atoms with Gasteiger partial charge in [-0.15, -0.1) is 0 Å². The summed E-state index contributed by atoms with van der Waals surface area (Å²) in [6, 6.07) is 14.6. The molecule has 0 aliphatic carbocycles. The van der Waals surface area contributed by atoms with E-state index in [1.165, 1.54) is 11.8 Å². The fourth-order valence-corrected chi connectivity index (χ4v) is 4.71. The Kier molecular flexibility index (Phi) is 6.18. The summed E-state index contributed by atoms with van der Waals surface area (Å²) in [6.07, 6.45) is 1.94. The number of fused-ring (bicyclic) bond motifs is 1. The zero-order valence-electron chi connectivity index (χ0n) is 16.0. The number of aromatic nitrogens is 2. The Labute approximate surface area is 181 Å². The van der Waals surface area contributed by atoms with E-state index in [1.807, 2.05) is 37.3 Å². The van der Waals surface area contributed by atoms with E-state index < -0.39 is 0 Å². The van der Waals surface area contributed by atoms with Gasteiger partial charge in [-0.05, 0) is 44.0 Å². The molecular weight excluding hydrogens is 452 g/mol. The Hall–Kier alpha value is -1.96. The lowest BCUT2D eigenvalue weighted by Gasteiger charge is -2.18. The van der Waals surface area contributed by atoms with Gasteiger partial charge in [0.2, 0.25) is 0 Å². The third-order valence-electron chi connectivity index (χ3n) is 5.02. The molecule has 0 N–H and O–H groups in total. The molecular formula is C22H21BrN2O3S. The summed E-state index contributed by atoms with van der Waals surface area (Å²) >= 11 is 4.72. The molecule has 0 unspecified atom stereocenters. The van der Waals surface area contributed by atoms with Crippen LogP contribution in [0.1, 0.15) is 30.1 Å². The van der Waals surface area contributed by atoms with Crippen LogP contribution < -0.4 is 5.56 Å². The Bertz CT molecular complexity index is 1090. The van der Waals surface area contributed by atoms with E-state index in [2.05, 4.69) is 15.9 Å². The van der Waals surface area contributed by atoms with Crippen molar-refractivity contribution in [3.63, 3.8) is 0 Å². The summed E-state index contributed by atoms with van der Waals surface area (Å²) in [6.45, 7) is 3.03. The molecule has 4 rings (SSSR count). The quantitative estimate of drug-likeness (QED) is 0.295. The lowest BCUT2D eigenvalue weighted by atomic mass is 10.1. The van der Waals surface area contributed by atoms with E-state index in [0.29, 0.717) is 28.2 Å². The van der Waals surface area contributed by atoms with Crippen molar-refractivity contribution >= 4 is 44.4 Å². The number of nitrogens with zero attached hydrogens (tertiary/aromatic N) is 2. The molecule has 1 aromatic heterocycles. The molecule has 0 spiro atoms. The number of benzene rings is 2. The third kappa shape index (κ3) is 4.47.